The van der Waals surface area contributed by atoms with E-state index in [0.717, 1.165) is 16.7 Å². The third-order valence-corrected chi connectivity index (χ3v) is 4.17. The fraction of sp³-hybridized carbons (Fsp3) is 0.320. The van der Waals surface area contributed by atoms with Gasteiger partial charge in [0.1, 0.15) is 11.3 Å². The molecule has 0 aliphatic heterocycles. The van der Waals surface area contributed by atoms with Crippen LogP contribution in [0.15, 0.2) is 54.2 Å². The number of amides is 3. The number of hydrogen-bond acceptors (Lipinski definition) is 4. The number of carbonyl (C=O) groups excluding carboxylic acids is 3. The lowest BCUT2D eigenvalue weighted by atomic mass is 10.1. The Hall–Kier alpha value is -3.61. The van der Waals surface area contributed by atoms with Gasteiger partial charge >= 0.3 is 6.09 Å². The molecule has 0 aliphatic carbocycles. The Morgan fingerprint density at radius 1 is 0.906 bits per heavy atom. The van der Waals surface area contributed by atoms with Gasteiger partial charge in [-0.3, -0.25) is 9.59 Å². The van der Waals surface area contributed by atoms with E-state index in [1.165, 1.54) is 0 Å². The maximum absolute atomic E-state index is 12.8. The molecule has 170 valence electrons. The Labute approximate surface area is 189 Å². The van der Waals surface area contributed by atoms with Gasteiger partial charge in [0.05, 0.1) is 0 Å². The molecule has 3 N–H and O–H groups in total. The average Bonchev–Trinajstić information content (AvgIpc) is 2.69. The molecule has 0 unspecified atom stereocenters. The zero-order valence-electron chi connectivity index (χ0n) is 19.2. The maximum atomic E-state index is 12.8. The summed E-state index contributed by atoms with van der Waals surface area (Å²) in [5.41, 5.74) is 2.67. The topological polar surface area (TPSA) is 96.5 Å². The van der Waals surface area contributed by atoms with Crippen molar-refractivity contribution in [3.05, 3.63) is 76.5 Å². The van der Waals surface area contributed by atoms with Gasteiger partial charge in [-0.15, -0.1) is 0 Å². The van der Waals surface area contributed by atoms with E-state index < -0.39 is 17.6 Å². The van der Waals surface area contributed by atoms with E-state index in [-0.39, 0.29) is 24.7 Å². The van der Waals surface area contributed by atoms with Crippen LogP contribution in [0.4, 0.5) is 4.79 Å². The number of hydrogen-bond donors (Lipinski definition) is 3. The van der Waals surface area contributed by atoms with Gasteiger partial charge in [-0.05, 0) is 58.4 Å². The van der Waals surface area contributed by atoms with Crippen LogP contribution in [0.3, 0.4) is 0 Å². The van der Waals surface area contributed by atoms with Crippen molar-refractivity contribution >= 4 is 24.0 Å². The molecule has 0 fully saturated rings. The number of nitrogens with one attached hydrogen (secondary N) is 3. The average molecular weight is 438 g/mol. The molecule has 2 aromatic rings. The first-order valence-electron chi connectivity index (χ1n) is 10.4. The SMILES string of the molecule is Cc1cc(C)cc(C(=O)N/C(=C/c2ccccc2)C(=O)NCCNC(=O)OC(C)(C)C)c1. The molecule has 3 amide bonds. The molecule has 32 heavy (non-hydrogen) atoms. The summed E-state index contributed by atoms with van der Waals surface area (Å²) in [6, 6.07) is 14.7. The summed E-state index contributed by atoms with van der Waals surface area (Å²) in [6.45, 7) is 9.49. The minimum absolute atomic E-state index is 0.109. The Balaban J connectivity index is 2.07. The van der Waals surface area contributed by atoms with E-state index >= 15 is 0 Å². The highest BCUT2D eigenvalue weighted by atomic mass is 16.6. The number of benzene rings is 2. The van der Waals surface area contributed by atoms with Crippen molar-refractivity contribution in [2.45, 2.75) is 40.2 Å². The van der Waals surface area contributed by atoms with Gasteiger partial charge in [0.2, 0.25) is 0 Å². The molecule has 0 saturated carbocycles. The monoisotopic (exact) mass is 437 g/mol. The predicted molar refractivity (Wildman–Crippen MR) is 125 cm³/mol. The second kappa shape index (κ2) is 11.1. The fourth-order valence-corrected chi connectivity index (χ4v) is 2.92. The van der Waals surface area contributed by atoms with Gasteiger partial charge < -0.3 is 20.7 Å². The summed E-state index contributed by atoms with van der Waals surface area (Å²) in [4.78, 5) is 37.3. The highest BCUT2D eigenvalue weighted by Gasteiger charge is 2.17. The van der Waals surface area contributed by atoms with Crippen LogP contribution < -0.4 is 16.0 Å². The van der Waals surface area contributed by atoms with Gasteiger partial charge in [-0.1, -0.05) is 47.5 Å². The van der Waals surface area contributed by atoms with Gasteiger partial charge in [0.15, 0.2) is 0 Å². The lowest BCUT2D eigenvalue weighted by molar-refractivity contribution is -0.117. The molecule has 7 heteroatoms. The van der Waals surface area contributed by atoms with Crippen molar-refractivity contribution in [1.82, 2.24) is 16.0 Å². The number of aryl methyl sites for hydroxylation is 2. The molecule has 0 aliphatic rings. The second-order valence-corrected chi connectivity index (χ2v) is 8.48. The van der Waals surface area contributed by atoms with Gasteiger partial charge in [0.25, 0.3) is 11.8 Å². The first-order chi connectivity index (χ1) is 15.0. The van der Waals surface area contributed by atoms with Gasteiger partial charge in [-0.25, -0.2) is 4.79 Å². The Bertz CT molecular complexity index is 972. The van der Waals surface area contributed by atoms with Crippen molar-refractivity contribution in [1.29, 1.82) is 0 Å². The van der Waals surface area contributed by atoms with Crippen LogP contribution >= 0.6 is 0 Å². The van der Waals surface area contributed by atoms with Crippen LogP contribution in [0, 0.1) is 13.8 Å². The minimum Gasteiger partial charge on any atom is -0.444 e. The van der Waals surface area contributed by atoms with Crippen LogP contribution in [0.5, 0.6) is 0 Å². The van der Waals surface area contributed by atoms with Crippen molar-refractivity contribution in [3.8, 4) is 0 Å². The Morgan fingerprint density at radius 2 is 1.50 bits per heavy atom. The quantitative estimate of drug-likeness (QED) is 0.454. The van der Waals surface area contributed by atoms with E-state index in [4.69, 9.17) is 4.74 Å². The molecular weight excluding hydrogens is 406 g/mol. The highest BCUT2D eigenvalue weighted by molar-refractivity contribution is 6.05. The maximum Gasteiger partial charge on any atom is 0.407 e. The molecule has 0 atom stereocenters. The first-order valence-corrected chi connectivity index (χ1v) is 10.4. The summed E-state index contributed by atoms with van der Waals surface area (Å²) in [6.07, 6.45) is 1.05. The molecule has 0 bridgehead atoms. The van der Waals surface area contributed by atoms with Crippen LogP contribution in [-0.2, 0) is 9.53 Å². The fourth-order valence-electron chi connectivity index (χ4n) is 2.92. The Morgan fingerprint density at radius 3 is 2.09 bits per heavy atom. The zero-order chi connectivity index (χ0) is 23.7. The lowest BCUT2D eigenvalue weighted by Gasteiger charge is -2.19. The highest BCUT2D eigenvalue weighted by Crippen LogP contribution is 2.11. The number of alkyl carbamates (subject to hydrolysis) is 1. The molecule has 0 aromatic heterocycles. The number of rotatable bonds is 7. The van der Waals surface area contributed by atoms with E-state index in [9.17, 15) is 14.4 Å². The molecular formula is C25H31N3O4. The largest absolute Gasteiger partial charge is 0.444 e. The normalized spacial score (nSPS) is 11.5. The molecule has 0 spiro atoms. The summed E-state index contributed by atoms with van der Waals surface area (Å²) < 4.78 is 5.16. The van der Waals surface area contributed by atoms with Crippen LogP contribution in [-0.4, -0.2) is 36.6 Å². The first kappa shape index (κ1) is 24.7. The number of ether oxygens (including phenoxy) is 1. The summed E-state index contributed by atoms with van der Waals surface area (Å²) in [7, 11) is 0. The summed E-state index contributed by atoms with van der Waals surface area (Å²) in [5.74, 6) is -0.835. The zero-order valence-corrected chi connectivity index (χ0v) is 19.2. The van der Waals surface area contributed by atoms with Crippen LogP contribution in [0.1, 0.15) is 47.8 Å². The molecule has 7 nitrogen and oxygen atoms in total. The van der Waals surface area contributed by atoms with Crippen LogP contribution in [0.2, 0.25) is 0 Å². The van der Waals surface area contributed by atoms with Gasteiger partial charge in [-0.2, -0.15) is 0 Å². The van der Waals surface area contributed by atoms with Crippen molar-refractivity contribution in [3.63, 3.8) is 0 Å². The van der Waals surface area contributed by atoms with E-state index in [1.807, 2.05) is 50.2 Å². The minimum atomic E-state index is -0.600. The van der Waals surface area contributed by atoms with E-state index in [0.29, 0.717) is 5.56 Å². The standard InChI is InChI=1S/C25H31N3O4/c1-17-13-18(2)15-20(14-17)22(29)28-21(16-19-9-7-6-8-10-19)23(30)26-11-12-27-24(31)32-25(3,4)5/h6-10,13-16H,11-12H2,1-5H3,(H,26,30)(H,27,31)(H,28,29)/b21-16+. The lowest BCUT2D eigenvalue weighted by Crippen LogP contribution is -2.40. The third-order valence-electron chi connectivity index (χ3n) is 4.17. The van der Waals surface area contributed by atoms with Gasteiger partial charge in [0, 0.05) is 18.7 Å². The second-order valence-electron chi connectivity index (χ2n) is 8.48. The van der Waals surface area contributed by atoms with Crippen LogP contribution in [0.25, 0.3) is 6.08 Å². The van der Waals surface area contributed by atoms with E-state index in [2.05, 4.69) is 16.0 Å². The molecule has 2 rings (SSSR count). The molecule has 0 heterocycles. The van der Waals surface area contributed by atoms with E-state index in [1.54, 1.807) is 39.0 Å². The molecule has 0 radical (unpaired) electrons. The Kier molecular flexibility index (Phi) is 8.58. The molecule has 0 saturated heterocycles. The third kappa shape index (κ3) is 8.63. The molecule has 2 aromatic carbocycles. The summed E-state index contributed by atoms with van der Waals surface area (Å²) in [5, 5.41) is 8.00. The predicted octanol–water partition coefficient (Wildman–Crippen LogP) is 3.72. The van der Waals surface area contributed by atoms with Crippen molar-refractivity contribution in [2.75, 3.05) is 13.1 Å². The number of carbonyl (C=O) groups is 3. The smallest absolute Gasteiger partial charge is 0.407 e. The van der Waals surface area contributed by atoms with Crippen molar-refractivity contribution in [2.24, 2.45) is 0 Å². The van der Waals surface area contributed by atoms with Crippen molar-refractivity contribution < 1.29 is 19.1 Å². The summed E-state index contributed by atoms with van der Waals surface area (Å²) >= 11 is 0.